The van der Waals surface area contributed by atoms with Crippen LogP contribution in [0.2, 0.25) is 5.02 Å². The van der Waals surface area contributed by atoms with Crippen molar-refractivity contribution < 1.29 is 14.4 Å². The van der Waals surface area contributed by atoms with Crippen molar-refractivity contribution in [3.05, 3.63) is 59.1 Å². The first-order chi connectivity index (χ1) is 13.3. The van der Waals surface area contributed by atoms with Crippen LogP contribution in [-0.4, -0.2) is 24.3 Å². The lowest BCUT2D eigenvalue weighted by atomic mass is 10.2. The second-order valence-corrected chi connectivity index (χ2v) is 7.07. The van der Waals surface area contributed by atoms with Gasteiger partial charge in [-0.1, -0.05) is 25.4 Å². The number of amides is 3. The van der Waals surface area contributed by atoms with Crippen LogP contribution in [0.25, 0.3) is 0 Å². The second kappa shape index (κ2) is 10.5. The third-order valence-electron chi connectivity index (χ3n) is 3.93. The van der Waals surface area contributed by atoms with Gasteiger partial charge in [-0.3, -0.25) is 14.4 Å². The summed E-state index contributed by atoms with van der Waals surface area (Å²) in [7, 11) is 0. The molecule has 0 fully saturated rings. The molecule has 0 aliphatic rings. The third kappa shape index (κ3) is 7.04. The highest BCUT2D eigenvalue weighted by Crippen LogP contribution is 2.15. The molecule has 0 aliphatic carbocycles. The van der Waals surface area contributed by atoms with E-state index in [1.165, 1.54) is 0 Å². The van der Waals surface area contributed by atoms with Crippen molar-refractivity contribution in [1.29, 1.82) is 0 Å². The highest BCUT2D eigenvalue weighted by Gasteiger charge is 2.08. The van der Waals surface area contributed by atoms with Gasteiger partial charge in [0.15, 0.2) is 0 Å². The lowest BCUT2D eigenvalue weighted by molar-refractivity contribution is -0.119. The number of rotatable bonds is 8. The van der Waals surface area contributed by atoms with E-state index in [1.807, 2.05) is 13.8 Å². The fraction of sp³-hybridized carbons (Fsp3) is 0.286. The smallest absolute Gasteiger partial charge is 0.251 e. The van der Waals surface area contributed by atoms with E-state index in [1.54, 1.807) is 48.5 Å². The number of halogens is 1. The van der Waals surface area contributed by atoms with Gasteiger partial charge in [-0.05, 0) is 55.0 Å². The maximum absolute atomic E-state index is 12.0. The molecule has 0 saturated heterocycles. The Kier molecular flexibility index (Phi) is 8.02. The van der Waals surface area contributed by atoms with Gasteiger partial charge in [0.1, 0.15) is 0 Å². The molecule has 0 spiro atoms. The lowest BCUT2D eigenvalue weighted by Gasteiger charge is -2.09. The van der Waals surface area contributed by atoms with Crippen molar-refractivity contribution in [3.63, 3.8) is 0 Å². The highest BCUT2D eigenvalue weighted by atomic mass is 35.5. The number of carbonyl (C=O) groups excluding carboxylic acids is 3. The number of carbonyl (C=O) groups is 3. The van der Waals surface area contributed by atoms with E-state index in [-0.39, 0.29) is 30.1 Å². The zero-order valence-corrected chi connectivity index (χ0v) is 16.7. The SMILES string of the molecule is CC(C)C(=O)Nc1ccc(NC(=O)CCCNC(=O)c2ccc(Cl)cc2)cc1. The molecule has 2 aromatic carbocycles. The molecule has 148 valence electrons. The Bertz CT molecular complexity index is 818. The zero-order valence-electron chi connectivity index (χ0n) is 15.9. The topological polar surface area (TPSA) is 87.3 Å². The first kappa shape index (κ1) is 21.4. The van der Waals surface area contributed by atoms with Crippen LogP contribution >= 0.6 is 11.6 Å². The quantitative estimate of drug-likeness (QED) is 0.582. The van der Waals surface area contributed by atoms with E-state index in [9.17, 15) is 14.4 Å². The van der Waals surface area contributed by atoms with E-state index < -0.39 is 0 Å². The Hall–Kier alpha value is -2.86. The molecule has 0 heterocycles. The largest absolute Gasteiger partial charge is 0.352 e. The molecule has 6 nitrogen and oxygen atoms in total. The van der Waals surface area contributed by atoms with Crippen LogP contribution in [0.5, 0.6) is 0 Å². The van der Waals surface area contributed by atoms with Gasteiger partial charge in [0.25, 0.3) is 5.91 Å². The molecule has 7 heteroatoms. The fourth-order valence-electron chi connectivity index (χ4n) is 2.30. The fourth-order valence-corrected chi connectivity index (χ4v) is 2.43. The minimum Gasteiger partial charge on any atom is -0.352 e. The summed E-state index contributed by atoms with van der Waals surface area (Å²) in [6, 6.07) is 13.6. The molecular weight excluding hydrogens is 378 g/mol. The average Bonchev–Trinajstić information content (AvgIpc) is 2.67. The van der Waals surface area contributed by atoms with Gasteiger partial charge in [0.2, 0.25) is 11.8 Å². The number of hydrogen-bond acceptors (Lipinski definition) is 3. The summed E-state index contributed by atoms with van der Waals surface area (Å²) in [4.78, 5) is 35.6. The Labute approximate surface area is 169 Å². The summed E-state index contributed by atoms with van der Waals surface area (Å²) in [6.07, 6.45) is 0.806. The predicted molar refractivity (Wildman–Crippen MR) is 112 cm³/mol. The lowest BCUT2D eigenvalue weighted by Crippen LogP contribution is -2.25. The number of nitrogens with one attached hydrogen (secondary N) is 3. The molecule has 0 bridgehead atoms. The summed E-state index contributed by atoms with van der Waals surface area (Å²) < 4.78 is 0. The second-order valence-electron chi connectivity index (χ2n) is 6.64. The van der Waals surface area contributed by atoms with Crippen LogP contribution in [0, 0.1) is 5.92 Å². The molecule has 28 heavy (non-hydrogen) atoms. The summed E-state index contributed by atoms with van der Waals surface area (Å²) in [6.45, 7) is 4.04. The van der Waals surface area contributed by atoms with Crippen LogP contribution in [0.3, 0.4) is 0 Å². The molecule has 0 aliphatic heterocycles. The van der Waals surface area contributed by atoms with Crippen LogP contribution in [0.4, 0.5) is 11.4 Å². The van der Waals surface area contributed by atoms with E-state index >= 15 is 0 Å². The van der Waals surface area contributed by atoms with Gasteiger partial charge in [0.05, 0.1) is 0 Å². The molecule has 0 saturated carbocycles. The van der Waals surface area contributed by atoms with Crippen molar-refractivity contribution in [1.82, 2.24) is 5.32 Å². The van der Waals surface area contributed by atoms with Crippen molar-refractivity contribution in [2.45, 2.75) is 26.7 Å². The minimum atomic E-state index is -0.198. The Morgan fingerprint density at radius 1 is 0.893 bits per heavy atom. The summed E-state index contributed by atoms with van der Waals surface area (Å²) in [5, 5.41) is 8.93. The van der Waals surface area contributed by atoms with Gasteiger partial charge in [-0.2, -0.15) is 0 Å². The number of anilines is 2. The summed E-state index contributed by atoms with van der Waals surface area (Å²) in [5.74, 6) is -0.493. The van der Waals surface area contributed by atoms with Gasteiger partial charge >= 0.3 is 0 Å². The molecule has 0 unspecified atom stereocenters. The van der Waals surface area contributed by atoms with Gasteiger partial charge < -0.3 is 16.0 Å². The molecule has 0 atom stereocenters. The predicted octanol–water partition coefficient (Wildman–Crippen LogP) is 4.08. The van der Waals surface area contributed by atoms with Gasteiger partial charge in [-0.25, -0.2) is 0 Å². The maximum atomic E-state index is 12.0. The molecular formula is C21H24ClN3O3. The Morgan fingerprint density at radius 3 is 2.04 bits per heavy atom. The van der Waals surface area contributed by atoms with Crippen molar-refractivity contribution in [2.24, 2.45) is 5.92 Å². The molecule has 0 radical (unpaired) electrons. The molecule has 3 N–H and O–H groups in total. The van der Waals surface area contributed by atoms with E-state index in [2.05, 4.69) is 16.0 Å². The zero-order chi connectivity index (χ0) is 20.5. The van der Waals surface area contributed by atoms with Crippen LogP contribution in [-0.2, 0) is 9.59 Å². The van der Waals surface area contributed by atoms with Crippen molar-refractivity contribution in [2.75, 3.05) is 17.2 Å². The first-order valence-electron chi connectivity index (χ1n) is 9.09. The van der Waals surface area contributed by atoms with Crippen LogP contribution in [0.15, 0.2) is 48.5 Å². The normalized spacial score (nSPS) is 10.4. The monoisotopic (exact) mass is 401 g/mol. The van der Waals surface area contributed by atoms with Gasteiger partial charge in [-0.15, -0.1) is 0 Å². The summed E-state index contributed by atoms with van der Waals surface area (Å²) >= 11 is 5.79. The van der Waals surface area contributed by atoms with E-state index in [4.69, 9.17) is 11.6 Å². The van der Waals surface area contributed by atoms with Crippen molar-refractivity contribution >= 4 is 40.7 Å². The highest BCUT2D eigenvalue weighted by molar-refractivity contribution is 6.30. The van der Waals surface area contributed by atoms with Crippen LogP contribution in [0.1, 0.15) is 37.0 Å². The minimum absolute atomic E-state index is 0.0579. The molecule has 2 rings (SSSR count). The first-order valence-corrected chi connectivity index (χ1v) is 9.47. The van der Waals surface area contributed by atoms with Gasteiger partial charge in [0, 0.05) is 40.8 Å². The molecule has 3 amide bonds. The van der Waals surface area contributed by atoms with Crippen molar-refractivity contribution in [3.8, 4) is 0 Å². The molecule has 2 aromatic rings. The standard InChI is InChI=1S/C21H24ClN3O3/c1-14(2)20(27)25-18-11-9-17(10-12-18)24-19(26)4-3-13-23-21(28)15-5-7-16(22)8-6-15/h5-12,14H,3-4,13H2,1-2H3,(H,23,28)(H,24,26)(H,25,27). The molecule has 0 aromatic heterocycles. The Balaban J connectivity index is 1.70. The van der Waals surface area contributed by atoms with E-state index in [0.29, 0.717) is 34.9 Å². The number of hydrogen-bond donors (Lipinski definition) is 3. The number of benzene rings is 2. The van der Waals surface area contributed by atoms with Crippen LogP contribution < -0.4 is 16.0 Å². The summed E-state index contributed by atoms with van der Waals surface area (Å²) in [5.41, 5.74) is 1.86. The van der Waals surface area contributed by atoms with E-state index in [0.717, 1.165) is 0 Å². The third-order valence-corrected chi connectivity index (χ3v) is 4.19. The average molecular weight is 402 g/mol. The Morgan fingerprint density at radius 2 is 1.46 bits per heavy atom. The maximum Gasteiger partial charge on any atom is 0.251 e.